The molecule has 0 unspecified atom stereocenters. The van der Waals surface area contributed by atoms with Crippen molar-refractivity contribution in [1.82, 2.24) is 14.7 Å². The summed E-state index contributed by atoms with van der Waals surface area (Å²) in [4.78, 5) is 59.7. The van der Waals surface area contributed by atoms with Crippen LogP contribution >= 0.6 is 22.9 Å². The molecule has 4 amide bonds. The first-order chi connectivity index (χ1) is 24.8. The average molecular weight is 741 g/mol. The molecule has 0 bridgehead atoms. The second kappa shape index (κ2) is 12.1. The lowest BCUT2D eigenvalue weighted by molar-refractivity contribution is -0.139. The molecular formula is C39H37ClN4O7S. The smallest absolute Gasteiger partial charge is 0.242 e. The number of aromatic nitrogens is 2. The van der Waals surface area contributed by atoms with Crippen molar-refractivity contribution in [3.63, 3.8) is 0 Å². The molecule has 6 atom stereocenters. The molecule has 2 aromatic carbocycles. The lowest BCUT2D eigenvalue weighted by atomic mass is 9.52. The Hall–Kier alpha value is -4.94. The number of anilines is 1. The molecule has 4 heterocycles. The van der Waals surface area contributed by atoms with Gasteiger partial charge >= 0.3 is 0 Å². The van der Waals surface area contributed by atoms with Crippen molar-refractivity contribution in [2.45, 2.75) is 26.7 Å². The highest BCUT2D eigenvalue weighted by Gasteiger charge is 2.67. The maximum Gasteiger partial charge on any atom is 0.242 e. The van der Waals surface area contributed by atoms with Gasteiger partial charge in [-0.1, -0.05) is 35.4 Å². The number of phenols is 1. The van der Waals surface area contributed by atoms with Crippen molar-refractivity contribution in [2.75, 3.05) is 26.2 Å². The number of allylic oxidation sites excluding steroid dienone is 3. The second-order valence-corrected chi connectivity index (χ2v) is 15.8. The summed E-state index contributed by atoms with van der Waals surface area (Å²) < 4.78 is 13.4. The fourth-order valence-corrected chi connectivity index (χ4v) is 10.3. The van der Waals surface area contributed by atoms with Gasteiger partial charge in [0.1, 0.15) is 11.5 Å². The number of phenolic OH excluding ortho intramolecular Hbond substituents is 1. The van der Waals surface area contributed by atoms with Gasteiger partial charge in [-0.05, 0) is 79.5 Å². The zero-order valence-corrected chi connectivity index (χ0v) is 31.0. The van der Waals surface area contributed by atoms with E-state index in [4.69, 9.17) is 26.2 Å². The summed E-state index contributed by atoms with van der Waals surface area (Å²) in [6.45, 7) is 3.84. The summed E-state index contributed by atoms with van der Waals surface area (Å²) in [5.74, 6) is -3.46. The van der Waals surface area contributed by atoms with E-state index in [-0.39, 0.29) is 47.3 Å². The molecule has 2 aliphatic heterocycles. The van der Waals surface area contributed by atoms with Gasteiger partial charge in [0.25, 0.3) is 0 Å². The highest BCUT2D eigenvalue weighted by Crippen LogP contribution is 2.61. The molecule has 11 nitrogen and oxygen atoms in total. The average Bonchev–Trinajstić information content (AvgIpc) is 3.79. The van der Waals surface area contributed by atoms with Crippen molar-refractivity contribution >= 4 is 68.5 Å². The summed E-state index contributed by atoms with van der Waals surface area (Å²) in [5.41, 5.74) is 1.93. The van der Waals surface area contributed by atoms with Crippen LogP contribution in [0.4, 0.5) is 5.82 Å². The van der Waals surface area contributed by atoms with E-state index in [1.807, 2.05) is 50.3 Å². The highest BCUT2D eigenvalue weighted by atomic mass is 35.5. The first kappa shape index (κ1) is 34.2. The Morgan fingerprint density at radius 2 is 1.71 bits per heavy atom. The molecule has 4 aliphatic rings. The largest absolute Gasteiger partial charge is 0.502 e. The van der Waals surface area contributed by atoms with E-state index >= 15 is 0 Å². The van der Waals surface area contributed by atoms with Gasteiger partial charge in [-0.2, -0.15) is 5.10 Å². The Kier molecular flexibility index (Phi) is 7.92. The predicted molar refractivity (Wildman–Crippen MR) is 197 cm³/mol. The Morgan fingerprint density at radius 3 is 2.40 bits per heavy atom. The first-order valence-corrected chi connectivity index (χ1v) is 18.3. The number of halogens is 1. The number of aromatic hydroxyl groups is 1. The van der Waals surface area contributed by atoms with Crippen molar-refractivity contribution in [3.8, 4) is 27.8 Å². The molecule has 3 fully saturated rings. The van der Waals surface area contributed by atoms with E-state index < -0.39 is 35.0 Å². The summed E-state index contributed by atoms with van der Waals surface area (Å²) in [5, 5.41) is 17.0. The van der Waals surface area contributed by atoms with Gasteiger partial charge in [0, 0.05) is 35.8 Å². The predicted octanol–water partition coefficient (Wildman–Crippen LogP) is 6.39. The quantitative estimate of drug-likeness (QED) is 0.178. The Morgan fingerprint density at radius 1 is 1.00 bits per heavy atom. The van der Waals surface area contributed by atoms with Crippen LogP contribution in [0.1, 0.15) is 30.9 Å². The molecule has 2 aliphatic carbocycles. The molecule has 0 spiro atoms. The monoisotopic (exact) mass is 740 g/mol. The number of fused-ring (bicyclic) bond motifs is 5. The third-order valence-electron chi connectivity index (χ3n) is 11.8. The zero-order valence-electron chi connectivity index (χ0n) is 29.5. The van der Waals surface area contributed by atoms with E-state index in [2.05, 4.69) is 0 Å². The molecule has 1 saturated carbocycles. The van der Waals surface area contributed by atoms with Crippen LogP contribution < -0.4 is 14.4 Å². The van der Waals surface area contributed by atoms with Gasteiger partial charge < -0.3 is 14.6 Å². The van der Waals surface area contributed by atoms with Crippen LogP contribution in [0.15, 0.2) is 54.1 Å². The van der Waals surface area contributed by atoms with Gasteiger partial charge in [0.15, 0.2) is 11.5 Å². The topological polar surface area (TPSA) is 131 Å². The molecule has 52 heavy (non-hydrogen) atoms. The molecule has 2 aromatic heterocycles. The minimum absolute atomic E-state index is 0.140. The number of hydrogen-bond acceptors (Lipinski definition) is 9. The third-order valence-corrected chi connectivity index (χ3v) is 13.3. The maximum absolute atomic E-state index is 14.9. The summed E-state index contributed by atoms with van der Waals surface area (Å²) in [6.07, 6.45) is 6.34. The number of ether oxygens (including phenoxy) is 2. The van der Waals surface area contributed by atoms with Gasteiger partial charge in [0.2, 0.25) is 29.4 Å². The lowest BCUT2D eigenvalue weighted by Crippen LogP contribution is -2.49. The van der Waals surface area contributed by atoms with Gasteiger partial charge in [0.05, 0.1) is 42.3 Å². The Bertz CT molecular complexity index is 2280. The molecule has 2 saturated heterocycles. The van der Waals surface area contributed by atoms with E-state index in [9.17, 15) is 24.3 Å². The summed E-state index contributed by atoms with van der Waals surface area (Å²) >= 11 is 7.87. The van der Waals surface area contributed by atoms with Crippen molar-refractivity contribution in [2.24, 2.45) is 42.1 Å². The molecule has 0 radical (unpaired) electrons. The van der Waals surface area contributed by atoms with Crippen molar-refractivity contribution in [3.05, 3.63) is 70.3 Å². The molecule has 4 aromatic rings. The van der Waals surface area contributed by atoms with Crippen molar-refractivity contribution < 1.29 is 33.8 Å². The number of hydrogen-bond donors (Lipinski definition) is 1. The molecule has 268 valence electrons. The van der Waals surface area contributed by atoms with E-state index in [0.717, 1.165) is 26.1 Å². The number of rotatable bonds is 6. The zero-order chi connectivity index (χ0) is 37.0. The van der Waals surface area contributed by atoms with Gasteiger partial charge in [-0.15, -0.1) is 11.3 Å². The molecular weight excluding hydrogens is 704 g/mol. The van der Waals surface area contributed by atoms with Gasteiger partial charge in [-0.3, -0.25) is 28.8 Å². The highest BCUT2D eigenvalue weighted by molar-refractivity contribution is 7.22. The fourth-order valence-electron chi connectivity index (χ4n) is 9.03. The SMILES string of the molecule is COc1cc(C=C[C@H]2C3=CC[C@@H]4C(=O)N(C)C(=O)[C@@H]4[C@@H]3C[C@H]3C(=O)N(c4cc(-c5sc6ccc(Cl)cc6c5C)nn4C)C(=O)[C@@]23C)cc(OC)c1O. The lowest BCUT2D eigenvalue weighted by Gasteiger charge is -2.47. The number of benzene rings is 2. The number of carbonyl (C=O) groups excluding carboxylic acids is 4. The van der Waals surface area contributed by atoms with Crippen LogP contribution in [0, 0.1) is 41.9 Å². The van der Waals surface area contributed by atoms with Crippen LogP contribution in [-0.2, 0) is 26.2 Å². The summed E-state index contributed by atoms with van der Waals surface area (Å²) in [6, 6.07) is 10.8. The number of likely N-dealkylation sites (tertiary alicyclic amines) is 1. The van der Waals surface area contributed by atoms with Gasteiger partial charge in [-0.25, -0.2) is 4.90 Å². The van der Waals surface area contributed by atoms with E-state index in [1.54, 1.807) is 41.3 Å². The minimum Gasteiger partial charge on any atom is -0.502 e. The molecule has 13 heteroatoms. The first-order valence-electron chi connectivity index (χ1n) is 17.1. The normalized spacial score (nSPS) is 27.1. The van der Waals surface area contributed by atoms with Crippen LogP contribution in [-0.4, -0.2) is 64.7 Å². The number of thiophene rings is 1. The fraction of sp³-hybridized carbons (Fsp3) is 0.359. The Balaban J connectivity index is 1.23. The summed E-state index contributed by atoms with van der Waals surface area (Å²) in [7, 11) is 6.12. The standard InChI is InChI=1S/C39H37ClN4O7S/c1-18-23-15-20(40)8-12-30(23)52-34(18)27-17-31(43(4)41-27)44-36(47)26-16-24-21(9-10-22-32(24)37(48)42(3)35(22)46)25(39(26,2)38(44)49)11-7-19-13-28(50-5)33(45)29(14-19)51-6/h7-9,11-15,17,22,24-26,32,45H,10,16H2,1-6H3/t22-,24+,25-,26-,32-,39-/m0/s1. The minimum atomic E-state index is -1.22. The third kappa shape index (κ3) is 4.73. The number of nitrogens with zero attached hydrogens (tertiary/aromatic N) is 4. The van der Waals surface area contributed by atoms with Crippen LogP contribution in [0.3, 0.4) is 0 Å². The second-order valence-electron chi connectivity index (χ2n) is 14.3. The molecule has 1 N–H and O–H groups in total. The number of aryl methyl sites for hydroxylation is 2. The van der Waals surface area contributed by atoms with Crippen LogP contribution in [0.25, 0.3) is 26.7 Å². The van der Waals surface area contributed by atoms with Crippen LogP contribution in [0.5, 0.6) is 17.2 Å². The van der Waals surface area contributed by atoms with E-state index in [1.165, 1.54) is 31.1 Å². The number of amides is 4. The number of carbonyl (C=O) groups is 4. The number of imide groups is 2. The number of methoxy groups -OCH3 is 2. The van der Waals surface area contributed by atoms with E-state index in [0.29, 0.717) is 28.5 Å². The molecule has 8 rings (SSSR count). The van der Waals surface area contributed by atoms with Crippen molar-refractivity contribution in [1.29, 1.82) is 0 Å². The Labute approximate surface area is 309 Å². The maximum atomic E-state index is 14.9. The van der Waals surface area contributed by atoms with Crippen LogP contribution in [0.2, 0.25) is 5.02 Å².